The molecule has 2 N–H and O–H groups in total. The topological polar surface area (TPSA) is 75.3 Å². The lowest BCUT2D eigenvalue weighted by Crippen LogP contribution is -2.30. The van der Waals surface area contributed by atoms with E-state index in [1.807, 2.05) is 0 Å². The van der Waals surface area contributed by atoms with Crippen LogP contribution in [0.1, 0.15) is 11.3 Å². The average Bonchev–Trinajstić information content (AvgIpc) is 2.19. The van der Waals surface area contributed by atoms with E-state index in [0.717, 1.165) is 0 Å². The standard InChI is InChI=1S/C9H14N2O3/c1-6-7(2)10-5-11(9(6)14)3-8(13)4-12/h5,8,12-13H,3-4H2,1-2H3. The first-order valence-electron chi connectivity index (χ1n) is 4.37. The first-order valence-corrected chi connectivity index (χ1v) is 4.37. The van der Waals surface area contributed by atoms with Crippen LogP contribution in [0.2, 0.25) is 0 Å². The third-order valence-corrected chi connectivity index (χ3v) is 2.13. The first-order chi connectivity index (χ1) is 6.56. The third-order valence-electron chi connectivity index (χ3n) is 2.13. The SMILES string of the molecule is Cc1ncn(CC(O)CO)c(=O)c1C. The van der Waals surface area contributed by atoms with Crippen molar-refractivity contribution in [1.82, 2.24) is 9.55 Å². The monoisotopic (exact) mass is 198 g/mol. The zero-order valence-corrected chi connectivity index (χ0v) is 8.27. The number of hydrogen-bond donors (Lipinski definition) is 2. The van der Waals surface area contributed by atoms with Crippen LogP contribution in [0.5, 0.6) is 0 Å². The molecule has 1 heterocycles. The Labute approximate surface area is 81.7 Å². The molecule has 14 heavy (non-hydrogen) atoms. The van der Waals surface area contributed by atoms with Gasteiger partial charge in [-0.15, -0.1) is 0 Å². The minimum atomic E-state index is -0.920. The van der Waals surface area contributed by atoms with E-state index in [4.69, 9.17) is 10.2 Å². The highest BCUT2D eigenvalue weighted by Crippen LogP contribution is 1.95. The summed E-state index contributed by atoms with van der Waals surface area (Å²) < 4.78 is 1.29. The summed E-state index contributed by atoms with van der Waals surface area (Å²) >= 11 is 0. The fourth-order valence-corrected chi connectivity index (χ4v) is 1.09. The zero-order valence-electron chi connectivity index (χ0n) is 8.27. The number of aromatic nitrogens is 2. The Morgan fingerprint density at radius 2 is 2.21 bits per heavy atom. The Bertz CT molecular complexity index is 373. The molecule has 0 bridgehead atoms. The molecule has 1 atom stereocenters. The van der Waals surface area contributed by atoms with Gasteiger partial charge in [-0.3, -0.25) is 9.36 Å². The average molecular weight is 198 g/mol. The number of hydrogen-bond acceptors (Lipinski definition) is 4. The van der Waals surface area contributed by atoms with Crippen molar-refractivity contribution in [2.24, 2.45) is 0 Å². The molecule has 0 spiro atoms. The van der Waals surface area contributed by atoms with E-state index in [9.17, 15) is 4.79 Å². The van der Waals surface area contributed by atoms with Crippen LogP contribution in [0, 0.1) is 13.8 Å². The van der Waals surface area contributed by atoms with Crippen LogP contribution >= 0.6 is 0 Å². The van der Waals surface area contributed by atoms with E-state index in [0.29, 0.717) is 11.3 Å². The molecule has 0 saturated carbocycles. The summed E-state index contributed by atoms with van der Waals surface area (Å²) in [7, 11) is 0. The summed E-state index contributed by atoms with van der Waals surface area (Å²) in [5, 5.41) is 17.8. The summed E-state index contributed by atoms with van der Waals surface area (Å²) in [6.45, 7) is 3.15. The molecule has 0 saturated heterocycles. The van der Waals surface area contributed by atoms with Gasteiger partial charge in [-0.1, -0.05) is 0 Å². The van der Waals surface area contributed by atoms with Crippen molar-refractivity contribution >= 4 is 0 Å². The lowest BCUT2D eigenvalue weighted by molar-refractivity contribution is 0.0800. The lowest BCUT2D eigenvalue weighted by atomic mass is 10.2. The molecule has 1 rings (SSSR count). The van der Waals surface area contributed by atoms with Gasteiger partial charge in [0.25, 0.3) is 5.56 Å². The summed E-state index contributed by atoms with van der Waals surface area (Å²) in [6.07, 6.45) is 0.459. The van der Waals surface area contributed by atoms with Gasteiger partial charge in [-0.05, 0) is 13.8 Å². The molecule has 0 aliphatic rings. The molecule has 78 valence electrons. The molecule has 5 heteroatoms. The summed E-state index contributed by atoms with van der Waals surface area (Å²) in [6, 6.07) is 0. The van der Waals surface area contributed by atoms with Crippen molar-refractivity contribution in [2.75, 3.05) is 6.61 Å². The van der Waals surface area contributed by atoms with Crippen LogP contribution < -0.4 is 5.56 Å². The normalized spacial score (nSPS) is 12.9. The van der Waals surface area contributed by atoms with Crippen molar-refractivity contribution in [3.63, 3.8) is 0 Å². The van der Waals surface area contributed by atoms with E-state index < -0.39 is 6.10 Å². The Balaban J connectivity index is 3.00. The van der Waals surface area contributed by atoms with Crippen molar-refractivity contribution in [2.45, 2.75) is 26.5 Å². The van der Waals surface area contributed by atoms with Gasteiger partial charge in [-0.25, -0.2) is 4.98 Å². The van der Waals surface area contributed by atoms with Gasteiger partial charge in [-0.2, -0.15) is 0 Å². The minimum Gasteiger partial charge on any atom is -0.394 e. The smallest absolute Gasteiger partial charge is 0.256 e. The third kappa shape index (κ3) is 2.18. The minimum absolute atomic E-state index is 0.0729. The van der Waals surface area contributed by atoms with Crippen LogP contribution in [-0.2, 0) is 6.54 Å². The van der Waals surface area contributed by atoms with Gasteiger partial charge >= 0.3 is 0 Å². The molecule has 1 unspecified atom stereocenters. The van der Waals surface area contributed by atoms with Crippen LogP contribution in [0.15, 0.2) is 11.1 Å². The molecule has 5 nitrogen and oxygen atoms in total. The summed E-state index contributed by atoms with van der Waals surface area (Å²) in [5.74, 6) is 0. The molecular weight excluding hydrogens is 184 g/mol. The number of nitrogens with zero attached hydrogens (tertiary/aromatic N) is 2. The molecule has 1 aromatic heterocycles. The van der Waals surface area contributed by atoms with E-state index >= 15 is 0 Å². The lowest BCUT2D eigenvalue weighted by Gasteiger charge is -2.10. The quantitative estimate of drug-likeness (QED) is 0.667. The van der Waals surface area contributed by atoms with Gasteiger partial charge < -0.3 is 10.2 Å². The summed E-state index contributed by atoms with van der Waals surface area (Å²) in [5.41, 5.74) is 1.08. The predicted molar refractivity (Wildman–Crippen MR) is 51.1 cm³/mol. The molecule has 0 amide bonds. The number of aliphatic hydroxyl groups excluding tert-OH is 2. The Morgan fingerprint density at radius 1 is 1.57 bits per heavy atom. The van der Waals surface area contributed by atoms with Crippen molar-refractivity contribution < 1.29 is 10.2 Å². The Morgan fingerprint density at radius 3 is 2.79 bits per heavy atom. The van der Waals surface area contributed by atoms with Gasteiger partial charge in [0.2, 0.25) is 0 Å². The fourth-order valence-electron chi connectivity index (χ4n) is 1.09. The van der Waals surface area contributed by atoms with E-state index in [2.05, 4.69) is 4.98 Å². The Kier molecular flexibility index (Phi) is 3.38. The van der Waals surface area contributed by atoms with E-state index in [1.54, 1.807) is 13.8 Å². The largest absolute Gasteiger partial charge is 0.394 e. The second-order valence-corrected chi connectivity index (χ2v) is 3.25. The molecule has 0 fully saturated rings. The van der Waals surface area contributed by atoms with Crippen LogP contribution in [0.3, 0.4) is 0 Å². The van der Waals surface area contributed by atoms with Crippen LogP contribution in [-0.4, -0.2) is 32.5 Å². The molecule has 0 radical (unpaired) electrons. The highest BCUT2D eigenvalue weighted by Gasteiger charge is 2.07. The molecule has 0 aliphatic carbocycles. The van der Waals surface area contributed by atoms with Crippen molar-refractivity contribution in [3.8, 4) is 0 Å². The first kappa shape index (κ1) is 10.9. The van der Waals surface area contributed by atoms with Crippen molar-refractivity contribution in [3.05, 3.63) is 27.9 Å². The maximum atomic E-state index is 11.6. The number of rotatable bonds is 3. The Hall–Kier alpha value is -1.20. The van der Waals surface area contributed by atoms with Gasteiger partial charge in [0.05, 0.1) is 25.6 Å². The predicted octanol–water partition coefficient (Wildman–Crippen LogP) is -0.787. The summed E-state index contributed by atoms with van der Waals surface area (Å²) in [4.78, 5) is 15.6. The van der Waals surface area contributed by atoms with Crippen LogP contribution in [0.25, 0.3) is 0 Å². The molecule has 0 aromatic carbocycles. The molecule has 1 aromatic rings. The molecule has 0 aliphatic heterocycles. The maximum Gasteiger partial charge on any atom is 0.256 e. The number of aliphatic hydroxyl groups is 2. The second-order valence-electron chi connectivity index (χ2n) is 3.25. The van der Waals surface area contributed by atoms with E-state index in [1.165, 1.54) is 10.9 Å². The van der Waals surface area contributed by atoms with Gasteiger partial charge in [0.15, 0.2) is 0 Å². The second kappa shape index (κ2) is 4.34. The van der Waals surface area contributed by atoms with Gasteiger partial charge in [0.1, 0.15) is 0 Å². The zero-order chi connectivity index (χ0) is 10.7. The fraction of sp³-hybridized carbons (Fsp3) is 0.556. The van der Waals surface area contributed by atoms with Crippen molar-refractivity contribution in [1.29, 1.82) is 0 Å². The highest BCUT2D eigenvalue weighted by molar-refractivity contribution is 5.12. The molecular formula is C9H14N2O3. The van der Waals surface area contributed by atoms with Crippen LogP contribution in [0.4, 0.5) is 0 Å². The van der Waals surface area contributed by atoms with Gasteiger partial charge in [0, 0.05) is 11.3 Å². The highest BCUT2D eigenvalue weighted by atomic mass is 16.3. The maximum absolute atomic E-state index is 11.6. The number of aryl methyl sites for hydroxylation is 1. The van der Waals surface area contributed by atoms with E-state index in [-0.39, 0.29) is 18.7 Å².